The lowest BCUT2D eigenvalue weighted by molar-refractivity contribution is -0.142. The minimum atomic E-state index is -3.85. The highest BCUT2D eigenvalue weighted by atomic mass is 32.2. The standard InChI is InChI=1S/C31H30N4O9S3/c32-47(42,43)17-9-5-15(6-10-17)33-20(36)13-44-16-7-3-14(4-8-16)22-23-18-12-19(26(23)45-28-27(22)46-31(41)34-28)25-24(18)29(39)35(30(25)40)11-1-2-21(37)38/h3-10,18-19,22-26H,1-2,11-13H2,(H,33,36)(H,34,41)(H,37,38)(H2,32,42,43)/t18?,19?,22-,23?,24?,25?,26?/m1/s1. The molecule has 0 spiro atoms. The Bertz CT molecular complexity index is 1940. The molecule has 1 saturated heterocycles. The van der Waals surface area contributed by atoms with E-state index in [-0.39, 0.29) is 76.5 Å². The Hall–Kier alpha value is -3.99. The SMILES string of the molecule is NS(=O)(=O)c1ccc(NC(=O)COc2ccc([C@H]3c4sc(=O)[nH]c4SC4C5CC(C6C(=O)N(CCCC(=O)O)C(=O)C56)C43)cc2)cc1. The maximum Gasteiger partial charge on any atom is 0.305 e. The zero-order valence-corrected chi connectivity index (χ0v) is 27.1. The molecule has 2 aliphatic heterocycles. The third kappa shape index (κ3) is 5.66. The van der Waals surface area contributed by atoms with E-state index in [9.17, 15) is 32.4 Å². The number of carboxylic acids is 1. The number of thiazole rings is 1. The fourth-order valence-electron chi connectivity index (χ4n) is 7.91. The van der Waals surface area contributed by atoms with Crippen molar-refractivity contribution in [1.29, 1.82) is 0 Å². The molecule has 3 fully saturated rings. The van der Waals surface area contributed by atoms with Crippen molar-refractivity contribution in [3.8, 4) is 5.75 Å². The maximum absolute atomic E-state index is 13.6. The van der Waals surface area contributed by atoms with E-state index in [0.29, 0.717) is 11.4 Å². The minimum absolute atomic E-state index is 0.0131. The highest BCUT2D eigenvalue weighted by Gasteiger charge is 2.69. The number of sulfonamides is 1. The number of benzene rings is 2. The number of imide groups is 1. The number of hydrogen-bond donors (Lipinski definition) is 4. The Labute approximate surface area is 276 Å². The molecule has 7 atom stereocenters. The van der Waals surface area contributed by atoms with Crippen molar-refractivity contribution in [2.24, 2.45) is 34.7 Å². The van der Waals surface area contributed by atoms with Crippen molar-refractivity contribution in [3.63, 3.8) is 0 Å². The number of nitrogens with one attached hydrogen (secondary N) is 2. The van der Waals surface area contributed by atoms with Gasteiger partial charge >= 0.3 is 10.8 Å². The number of H-pyrrole nitrogens is 1. The van der Waals surface area contributed by atoms with Gasteiger partial charge in [-0.15, -0.1) is 11.8 Å². The Morgan fingerprint density at radius 1 is 1.02 bits per heavy atom. The monoisotopic (exact) mass is 698 g/mol. The number of aliphatic carboxylic acids is 1. The quantitative estimate of drug-likeness (QED) is 0.228. The van der Waals surface area contributed by atoms with Gasteiger partial charge < -0.3 is 20.1 Å². The van der Waals surface area contributed by atoms with Gasteiger partial charge in [0.15, 0.2) is 6.61 Å². The lowest BCUT2D eigenvalue weighted by Crippen LogP contribution is -2.42. The van der Waals surface area contributed by atoms with Crippen LogP contribution in [0.3, 0.4) is 0 Å². The zero-order chi connectivity index (χ0) is 33.2. The summed E-state index contributed by atoms with van der Waals surface area (Å²) in [6.07, 6.45) is 0.848. The van der Waals surface area contributed by atoms with Crippen LogP contribution in [-0.4, -0.2) is 65.5 Å². The molecule has 6 unspecified atom stereocenters. The molecule has 2 bridgehead atoms. The van der Waals surface area contributed by atoms with Gasteiger partial charge in [0.05, 0.1) is 21.8 Å². The van der Waals surface area contributed by atoms with Gasteiger partial charge in [-0.2, -0.15) is 0 Å². The fraction of sp³-hybridized carbons (Fsp3) is 0.387. The van der Waals surface area contributed by atoms with E-state index in [2.05, 4.69) is 10.3 Å². The summed E-state index contributed by atoms with van der Waals surface area (Å²) in [7, 11) is -3.85. The topological polar surface area (TPSA) is 206 Å². The molecule has 1 aromatic heterocycles. The first-order valence-corrected chi connectivity index (χ1v) is 18.3. The second kappa shape index (κ2) is 11.9. The fourth-order valence-corrected chi connectivity index (χ4v) is 11.3. The first-order valence-electron chi connectivity index (χ1n) is 15.0. The van der Waals surface area contributed by atoms with E-state index < -0.39 is 33.7 Å². The van der Waals surface area contributed by atoms with Crippen molar-refractivity contribution in [2.45, 2.75) is 40.4 Å². The van der Waals surface area contributed by atoms with Crippen LogP contribution in [0.1, 0.15) is 35.6 Å². The molecule has 47 heavy (non-hydrogen) atoms. The first-order chi connectivity index (χ1) is 22.4. The molecule has 0 radical (unpaired) electrons. The number of carbonyl (C=O) groups excluding carboxylic acids is 3. The lowest BCUT2D eigenvalue weighted by Gasteiger charge is -2.43. The molecule has 2 saturated carbocycles. The number of ether oxygens (including phenoxy) is 1. The van der Waals surface area contributed by atoms with E-state index >= 15 is 0 Å². The second-order valence-corrected chi connectivity index (χ2v) is 16.0. The molecule has 7 rings (SSSR count). The second-order valence-electron chi connectivity index (χ2n) is 12.3. The summed E-state index contributed by atoms with van der Waals surface area (Å²) in [5.74, 6) is -2.52. The molecule has 2 aliphatic carbocycles. The van der Waals surface area contributed by atoms with Crippen LogP contribution in [0, 0.1) is 29.6 Å². The smallest absolute Gasteiger partial charge is 0.305 e. The third-order valence-electron chi connectivity index (χ3n) is 9.66. The normalized spacial score (nSPS) is 27.3. The molecule has 5 N–H and O–H groups in total. The summed E-state index contributed by atoms with van der Waals surface area (Å²) in [6.45, 7) is -0.191. The Kier molecular flexibility index (Phi) is 8.01. The zero-order valence-electron chi connectivity index (χ0n) is 24.7. The van der Waals surface area contributed by atoms with E-state index in [4.69, 9.17) is 15.0 Å². The molecule has 3 amide bonds. The van der Waals surface area contributed by atoms with E-state index in [0.717, 1.165) is 33.2 Å². The number of thioether (sulfide) groups is 1. The number of likely N-dealkylation sites (tertiary alicyclic amines) is 1. The number of aromatic amines is 1. The van der Waals surface area contributed by atoms with Crippen molar-refractivity contribution >= 4 is 62.5 Å². The van der Waals surface area contributed by atoms with Crippen LogP contribution in [0.25, 0.3) is 0 Å². The number of primary sulfonamides is 1. The predicted octanol–water partition coefficient (Wildman–Crippen LogP) is 2.44. The van der Waals surface area contributed by atoms with Crippen molar-refractivity contribution < 1.29 is 37.4 Å². The van der Waals surface area contributed by atoms with Crippen molar-refractivity contribution in [1.82, 2.24) is 9.88 Å². The summed E-state index contributed by atoms with van der Waals surface area (Å²) < 4.78 is 28.6. The van der Waals surface area contributed by atoms with Gasteiger partial charge in [-0.05, 0) is 72.6 Å². The average molecular weight is 699 g/mol. The molecule has 246 valence electrons. The number of rotatable bonds is 10. The first kappa shape index (κ1) is 31.6. The number of nitrogens with two attached hydrogens (primary N) is 1. The van der Waals surface area contributed by atoms with Crippen LogP contribution in [0.2, 0.25) is 0 Å². The lowest BCUT2D eigenvalue weighted by atomic mass is 9.68. The predicted molar refractivity (Wildman–Crippen MR) is 170 cm³/mol. The van der Waals surface area contributed by atoms with Crippen molar-refractivity contribution in [2.75, 3.05) is 18.5 Å². The number of carboxylic acid groups (broad SMARTS) is 1. The van der Waals surface area contributed by atoms with Gasteiger partial charge in [-0.25, -0.2) is 13.6 Å². The van der Waals surface area contributed by atoms with Crippen LogP contribution in [-0.2, 0) is 29.2 Å². The number of carbonyl (C=O) groups is 4. The van der Waals surface area contributed by atoms with E-state index in [1.54, 1.807) is 23.9 Å². The average Bonchev–Trinajstić information content (AvgIpc) is 3.76. The highest BCUT2D eigenvalue weighted by Crippen LogP contribution is 2.68. The van der Waals surface area contributed by atoms with Gasteiger partial charge in [0.1, 0.15) is 5.75 Å². The van der Waals surface area contributed by atoms with Gasteiger partial charge in [-0.3, -0.25) is 28.9 Å². The van der Waals surface area contributed by atoms with Crippen LogP contribution in [0.15, 0.2) is 63.2 Å². The Balaban J connectivity index is 1.07. The molecule has 16 heteroatoms. The minimum Gasteiger partial charge on any atom is -0.484 e. The van der Waals surface area contributed by atoms with Gasteiger partial charge in [-0.1, -0.05) is 23.5 Å². The molecular weight excluding hydrogens is 669 g/mol. The molecular formula is C31H30N4O9S3. The van der Waals surface area contributed by atoms with Crippen LogP contribution in [0.5, 0.6) is 5.75 Å². The number of nitrogens with zero attached hydrogens (tertiary/aromatic N) is 1. The van der Waals surface area contributed by atoms with Crippen LogP contribution < -0.4 is 20.1 Å². The molecule has 2 aromatic carbocycles. The maximum atomic E-state index is 13.6. The third-order valence-corrected chi connectivity index (χ3v) is 13.2. The van der Waals surface area contributed by atoms with Gasteiger partial charge in [0, 0.05) is 34.7 Å². The van der Waals surface area contributed by atoms with E-state index in [1.165, 1.54) is 29.2 Å². The number of fused-ring (bicyclic) bond motifs is 9. The highest BCUT2D eigenvalue weighted by molar-refractivity contribution is 8.00. The van der Waals surface area contributed by atoms with Gasteiger partial charge in [0.25, 0.3) is 5.91 Å². The van der Waals surface area contributed by atoms with E-state index in [1.807, 2.05) is 12.1 Å². The molecule has 3 heterocycles. The summed E-state index contributed by atoms with van der Waals surface area (Å²) in [6, 6.07) is 12.7. The van der Waals surface area contributed by atoms with Crippen LogP contribution in [0.4, 0.5) is 5.69 Å². The van der Waals surface area contributed by atoms with Crippen molar-refractivity contribution in [3.05, 3.63) is 68.6 Å². The molecule has 13 nitrogen and oxygen atoms in total. The Morgan fingerprint density at radius 2 is 1.70 bits per heavy atom. The summed E-state index contributed by atoms with van der Waals surface area (Å²) >= 11 is 2.75. The van der Waals surface area contributed by atoms with Gasteiger partial charge in [0.2, 0.25) is 21.8 Å². The number of aromatic nitrogens is 1. The Morgan fingerprint density at radius 3 is 2.36 bits per heavy atom. The summed E-state index contributed by atoms with van der Waals surface area (Å²) in [4.78, 5) is 68.0. The number of hydrogen-bond acceptors (Lipinski definition) is 10. The molecule has 3 aromatic rings. The summed E-state index contributed by atoms with van der Waals surface area (Å²) in [5.41, 5.74) is 1.31. The largest absolute Gasteiger partial charge is 0.484 e. The number of anilines is 1. The summed E-state index contributed by atoms with van der Waals surface area (Å²) in [5, 5.41) is 17.6. The van der Waals surface area contributed by atoms with Crippen LogP contribution >= 0.6 is 23.1 Å². The molecule has 4 aliphatic rings. The number of amides is 3.